The molecule has 4 rings (SSSR count). The molecule has 0 spiro atoms. The van der Waals surface area contributed by atoms with E-state index in [1.54, 1.807) is 12.2 Å². The van der Waals surface area contributed by atoms with Gasteiger partial charge >= 0.3 is 37.7 Å². The van der Waals surface area contributed by atoms with Crippen LogP contribution >= 0.6 is 0 Å². The minimum absolute atomic E-state index is 0. The molecule has 2 N–H and O–H groups in total. The van der Waals surface area contributed by atoms with Gasteiger partial charge < -0.3 is 38.9 Å². The van der Waals surface area contributed by atoms with Crippen molar-refractivity contribution in [3.63, 3.8) is 0 Å². The van der Waals surface area contributed by atoms with Crippen LogP contribution in [0.1, 0.15) is 129 Å². The molecule has 0 amide bonds. The Morgan fingerprint density at radius 2 is 0.889 bits per heavy atom. The maximum Gasteiger partial charge on any atom is 2.00 e. The summed E-state index contributed by atoms with van der Waals surface area (Å²) in [7, 11) is -9.30. The molecule has 0 aliphatic carbocycles. The maximum absolute atomic E-state index is 13.7. The molecule has 2 aromatic heterocycles. The van der Waals surface area contributed by atoms with Crippen LogP contribution in [0.25, 0.3) is 34.7 Å². The van der Waals surface area contributed by atoms with E-state index in [9.17, 15) is 55.6 Å². The summed E-state index contributed by atoms with van der Waals surface area (Å²) in [4.78, 5) is 40.9. The number of rotatable bonds is 24. The summed E-state index contributed by atoms with van der Waals surface area (Å²) in [6.45, 7) is 27.8. The molecule has 0 saturated heterocycles. The van der Waals surface area contributed by atoms with Gasteiger partial charge in [-0.25, -0.2) is 54.2 Å². The molecule has 0 aliphatic rings. The Hall–Kier alpha value is -4.09. The van der Waals surface area contributed by atoms with Gasteiger partial charge in [-0.05, 0) is 96.6 Å². The van der Waals surface area contributed by atoms with E-state index in [0.717, 1.165) is 21.1 Å². The Kier molecular flexibility index (Phi) is 26.7. The Balaban J connectivity index is 0.000000547. The first-order valence-corrected chi connectivity index (χ1v) is 35.7. The number of carboxylic acid groups (broad SMARTS) is 2. The quantitative estimate of drug-likeness (QED) is 0.0633. The van der Waals surface area contributed by atoms with Crippen LogP contribution in [0.15, 0.2) is 60.7 Å². The zero-order valence-corrected chi connectivity index (χ0v) is 56.0. The van der Waals surface area contributed by atoms with E-state index < -0.39 is 84.7 Å². The molecule has 18 nitrogen and oxygen atoms in total. The van der Waals surface area contributed by atoms with Crippen molar-refractivity contribution in [2.75, 3.05) is 35.2 Å². The third-order valence-electron chi connectivity index (χ3n) is 14.1. The number of sulfonamides is 2. The van der Waals surface area contributed by atoms with Crippen molar-refractivity contribution in [2.24, 2.45) is 0 Å². The van der Waals surface area contributed by atoms with Gasteiger partial charge in [0.25, 0.3) is 0 Å². The molecule has 25 heteroatoms. The standard InChI is InChI=1S/2C28H42FN3O6SSi.Ca/c2*1-18(2)25-23(15-14-21(33)16-22(17-24(34)35)38-40(8,9)28(3,4)5)26(19-10-12-20(29)13-11-19)31-27(30-25)32(6)39(7,36)37;/h2*10-15,18,21-22,33H,16-17H2,1-9H3,(H,34,35);/q;;+2/p-2/b2*15-14+;/t2*21-,22-;/m11./s1. The smallest absolute Gasteiger partial charge is 0.550 e. The number of carbonyl (C=O) groups excluding carboxylic acids is 2. The molecule has 2 heterocycles. The van der Waals surface area contributed by atoms with Gasteiger partial charge in [0, 0.05) is 74.0 Å². The van der Waals surface area contributed by atoms with Gasteiger partial charge in [0.1, 0.15) is 11.6 Å². The van der Waals surface area contributed by atoms with E-state index in [-0.39, 0.29) is 97.2 Å². The van der Waals surface area contributed by atoms with Gasteiger partial charge in [-0.3, -0.25) is 0 Å². The van der Waals surface area contributed by atoms with Crippen LogP contribution in [0.3, 0.4) is 0 Å². The van der Waals surface area contributed by atoms with Gasteiger partial charge in [-0.15, -0.1) is 0 Å². The normalized spacial score (nSPS) is 14.3. The van der Waals surface area contributed by atoms with Crippen molar-refractivity contribution >= 4 is 110 Å². The molecule has 0 bridgehead atoms. The predicted molar refractivity (Wildman–Crippen MR) is 318 cm³/mol. The zero-order chi connectivity index (χ0) is 61.3. The van der Waals surface area contributed by atoms with Gasteiger partial charge in [0.2, 0.25) is 31.9 Å². The van der Waals surface area contributed by atoms with Crippen molar-refractivity contribution in [2.45, 2.75) is 167 Å². The largest absolute Gasteiger partial charge is 2.00 e. The van der Waals surface area contributed by atoms with Crippen LogP contribution < -0.4 is 18.8 Å². The minimum Gasteiger partial charge on any atom is -0.550 e. The SMILES string of the molecule is CC(C)c1nc(N(C)S(C)(=O)=O)nc(-c2ccc(F)cc2)c1/C=C/[C@@H](O)C[C@H](CC(=O)[O-])O[Si](C)(C)C(C)(C)C.CC(C)c1nc(N(C)S(C)(=O)=O)nc(-c2ccc(F)cc2)c1/C=C/[C@@H](O)C[C@H](CC(=O)[O-])O[Si](C)(C)C(C)(C)C.[Ca+2]. The number of aliphatic carboxylic acids is 2. The van der Waals surface area contributed by atoms with Gasteiger partial charge in [0.05, 0.1) is 59.7 Å². The molecule has 0 aliphatic heterocycles. The number of aliphatic hydroxyl groups is 2. The number of benzene rings is 2. The third kappa shape index (κ3) is 21.8. The number of hydrogen-bond acceptors (Lipinski definition) is 16. The molecule has 4 aromatic rings. The number of hydrogen-bond donors (Lipinski definition) is 2. The minimum atomic E-state index is -3.67. The summed E-state index contributed by atoms with van der Waals surface area (Å²) in [5.74, 6) is -3.83. The van der Waals surface area contributed by atoms with Crippen LogP contribution in [-0.4, -0.2) is 164 Å². The molecule has 2 aromatic carbocycles. The van der Waals surface area contributed by atoms with Crippen molar-refractivity contribution < 1.29 is 64.5 Å². The average Bonchev–Trinajstić information content (AvgIpc) is 3.30. The molecule has 4 atom stereocenters. The van der Waals surface area contributed by atoms with Crippen molar-refractivity contribution in [3.8, 4) is 22.5 Å². The summed E-state index contributed by atoms with van der Waals surface area (Å²) < 4.78 is 90.9. The summed E-state index contributed by atoms with van der Waals surface area (Å²) in [6.07, 6.45) is 4.04. The molecule has 0 radical (unpaired) electrons. The summed E-state index contributed by atoms with van der Waals surface area (Å²) in [5.41, 5.74) is 3.85. The summed E-state index contributed by atoms with van der Waals surface area (Å²) >= 11 is 0. The number of anilines is 2. The number of aromatic nitrogens is 4. The fourth-order valence-corrected chi connectivity index (χ4v) is 10.9. The topological polar surface area (TPSA) is 265 Å². The predicted octanol–water partition coefficient (Wildman–Crippen LogP) is 7.81. The number of nitrogens with zero attached hydrogens (tertiary/aromatic N) is 6. The maximum atomic E-state index is 13.7. The average molecular weight is 1230 g/mol. The number of aliphatic hydroxyl groups excluding tert-OH is 2. The fourth-order valence-electron chi connectivity index (χ4n) is 7.41. The Morgan fingerprint density at radius 1 is 0.605 bits per heavy atom. The van der Waals surface area contributed by atoms with E-state index in [1.807, 2.05) is 95.4 Å². The molecular formula is C56H82CaF2N6O12S2Si2. The first-order valence-electron chi connectivity index (χ1n) is 26.2. The molecule has 0 fully saturated rings. The second kappa shape index (κ2) is 29.6. The molecule has 444 valence electrons. The number of carbonyl (C=O) groups is 2. The van der Waals surface area contributed by atoms with Crippen molar-refractivity contribution in [1.82, 2.24) is 19.9 Å². The van der Waals surface area contributed by atoms with Crippen LogP contribution in [0.5, 0.6) is 0 Å². The molecular weight excluding hydrogens is 1150 g/mol. The molecule has 81 heavy (non-hydrogen) atoms. The molecule has 0 unspecified atom stereocenters. The first kappa shape index (κ1) is 73.0. The van der Waals surface area contributed by atoms with Crippen LogP contribution in [-0.2, 0) is 38.5 Å². The summed E-state index contributed by atoms with van der Waals surface area (Å²) in [6, 6.07) is 11.2. The van der Waals surface area contributed by atoms with E-state index in [2.05, 4.69) is 19.9 Å². The Morgan fingerprint density at radius 3 is 1.12 bits per heavy atom. The monoisotopic (exact) mass is 1230 g/mol. The zero-order valence-electron chi connectivity index (χ0n) is 50.2. The van der Waals surface area contributed by atoms with Gasteiger partial charge in [-0.2, -0.15) is 0 Å². The van der Waals surface area contributed by atoms with E-state index in [1.165, 1.54) is 74.8 Å². The Labute approximate surface area is 510 Å². The summed E-state index contributed by atoms with van der Waals surface area (Å²) in [5, 5.41) is 44.4. The third-order valence-corrected chi connectivity index (χ3v) is 25.5. The van der Waals surface area contributed by atoms with E-state index in [4.69, 9.17) is 8.85 Å². The van der Waals surface area contributed by atoms with Crippen LogP contribution in [0, 0.1) is 11.6 Å². The van der Waals surface area contributed by atoms with Crippen LogP contribution in [0.2, 0.25) is 36.3 Å². The fraction of sp³-hybridized carbons (Fsp3) is 0.536. The Bertz CT molecular complexity index is 2860. The van der Waals surface area contributed by atoms with Crippen molar-refractivity contribution in [3.05, 3.63) is 94.8 Å². The number of carboxylic acids is 2. The van der Waals surface area contributed by atoms with E-state index >= 15 is 0 Å². The van der Waals surface area contributed by atoms with E-state index in [0.29, 0.717) is 45.0 Å². The number of halogens is 2. The molecule has 0 saturated carbocycles. The van der Waals surface area contributed by atoms with Crippen molar-refractivity contribution in [1.29, 1.82) is 0 Å². The second-order valence-electron chi connectivity index (χ2n) is 23.6. The van der Waals surface area contributed by atoms with Crippen LogP contribution in [0.4, 0.5) is 20.7 Å². The van der Waals surface area contributed by atoms with Gasteiger partial charge in [0.15, 0.2) is 16.6 Å². The second-order valence-corrected chi connectivity index (χ2v) is 37.1. The van der Waals surface area contributed by atoms with Gasteiger partial charge in [-0.1, -0.05) is 93.5 Å². The first-order chi connectivity index (χ1) is 36.4.